The fraction of sp³-hybridized carbons (Fsp3) is 0.500. The molecule has 0 spiro atoms. The van der Waals surface area contributed by atoms with Crippen molar-refractivity contribution in [1.82, 2.24) is 14.9 Å². The molecule has 94 valence electrons. The number of imidazole rings is 1. The van der Waals surface area contributed by atoms with E-state index in [1.165, 1.54) is 18.7 Å². The van der Waals surface area contributed by atoms with E-state index in [-0.39, 0.29) is 11.7 Å². The molecule has 0 fully saturated rings. The lowest BCUT2D eigenvalue weighted by Crippen LogP contribution is -2.25. The predicted octanol–water partition coefficient (Wildman–Crippen LogP) is 0.504. The Morgan fingerprint density at radius 1 is 1.59 bits per heavy atom. The van der Waals surface area contributed by atoms with Gasteiger partial charge in [0.2, 0.25) is 5.91 Å². The Morgan fingerprint density at radius 3 is 2.88 bits per heavy atom. The minimum atomic E-state index is -0.871. The van der Waals surface area contributed by atoms with E-state index in [0.29, 0.717) is 18.2 Å². The SMILES string of the molecule is CC(=O)NCCn1c(C)cnc1SCC(=O)O. The van der Waals surface area contributed by atoms with Gasteiger partial charge in [-0.2, -0.15) is 0 Å². The molecule has 0 atom stereocenters. The lowest BCUT2D eigenvalue weighted by Gasteiger charge is -2.09. The second kappa shape index (κ2) is 6.29. The summed E-state index contributed by atoms with van der Waals surface area (Å²) >= 11 is 1.17. The Morgan fingerprint density at radius 2 is 2.29 bits per heavy atom. The van der Waals surface area contributed by atoms with E-state index in [0.717, 1.165) is 5.69 Å². The maximum absolute atomic E-state index is 10.7. The third-order valence-electron chi connectivity index (χ3n) is 2.05. The molecule has 1 heterocycles. The van der Waals surface area contributed by atoms with Gasteiger partial charge in [0.1, 0.15) is 0 Å². The number of hydrogen-bond donors (Lipinski definition) is 2. The van der Waals surface area contributed by atoms with Crippen molar-refractivity contribution in [2.75, 3.05) is 12.3 Å². The van der Waals surface area contributed by atoms with Crippen LogP contribution in [-0.2, 0) is 16.1 Å². The Labute approximate surface area is 103 Å². The highest BCUT2D eigenvalue weighted by Gasteiger charge is 2.09. The number of hydrogen-bond acceptors (Lipinski definition) is 4. The molecule has 6 nitrogen and oxygen atoms in total. The molecule has 0 aromatic carbocycles. The second-order valence-electron chi connectivity index (χ2n) is 3.50. The van der Waals surface area contributed by atoms with Crippen LogP contribution in [0.15, 0.2) is 11.4 Å². The van der Waals surface area contributed by atoms with Gasteiger partial charge in [0.25, 0.3) is 0 Å². The largest absolute Gasteiger partial charge is 0.481 e. The van der Waals surface area contributed by atoms with Gasteiger partial charge in [0, 0.05) is 31.9 Å². The van der Waals surface area contributed by atoms with E-state index in [1.54, 1.807) is 6.20 Å². The van der Waals surface area contributed by atoms with Crippen molar-refractivity contribution >= 4 is 23.6 Å². The standard InChI is InChI=1S/C10H15N3O3S/c1-7-5-12-10(17-6-9(15)16)13(7)4-3-11-8(2)14/h5H,3-4,6H2,1-2H3,(H,11,14)(H,15,16). The first-order valence-electron chi connectivity index (χ1n) is 5.12. The van der Waals surface area contributed by atoms with Gasteiger partial charge in [0.15, 0.2) is 5.16 Å². The average molecular weight is 257 g/mol. The van der Waals surface area contributed by atoms with Crippen molar-refractivity contribution in [3.05, 3.63) is 11.9 Å². The van der Waals surface area contributed by atoms with Crippen LogP contribution in [0.4, 0.5) is 0 Å². The van der Waals surface area contributed by atoms with Gasteiger partial charge in [-0.15, -0.1) is 0 Å². The molecule has 0 aliphatic carbocycles. The summed E-state index contributed by atoms with van der Waals surface area (Å²) in [5, 5.41) is 12.0. The molecular formula is C10H15N3O3S. The quantitative estimate of drug-likeness (QED) is 0.725. The van der Waals surface area contributed by atoms with E-state index in [4.69, 9.17) is 5.11 Å². The highest BCUT2D eigenvalue weighted by atomic mass is 32.2. The van der Waals surface area contributed by atoms with Crippen molar-refractivity contribution in [1.29, 1.82) is 0 Å². The predicted molar refractivity (Wildman–Crippen MR) is 64.0 cm³/mol. The molecule has 2 N–H and O–H groups in total. The number of nitrogens with one attached hydrogen (secondary N) is 1. The van der Waals surface area contributed by atoms with Crippen molar-refractivity contribution in [2.45, 2.75) is 25.5 Å². The molecule has 1 rings (SSSR count). The van der Waals surface area contributed by atoms with Gasteiger partial charge >= 0.3 is 5.97 Å². The Hall–Kier alpha value is -1.50. The summed E-state index contributed by atoms with van der Waals surface area (Å²) < 4.78 is 1.89. The van der Waals surface area contributed by atoms with Gasteiger partial charge in [-0.1, -0.05) is 11.8 Å². The Balaban J connectivity index is 2.59. The van der Waals surface area contributed by atoms with Gasteiger partial charge < -0.3 is 15.0 Å². The molecule has 17 heavy (non-hydrogen) atoms. The minimum Gasteiger partial charge on any atom is -0.481 e. The number of carbonyl (C=O) groups excluding carboxylic acids is 1. The molecule has 0 saturated heterocycles. The van der Waals surface area contributed by atoms with E-state index in [1.807, 2.05) is 11.5 Å². The molecule has 0 radical (unpaired) electrons. The van der Waals surface area contributed by atoms with E-state index < -0.39 is 5.97 Å². The maximum atomic E-state index is 10.7. The molecule has 1 aromatic rings. The lowest BCUT2D eigenvalue weighted by atomic mass is 10.5. The molecule has 0 aliphatic rings. The van der Waals surface area contributed by atoms with Gasteiger partial charge in [-0.25, -0.2) is 4.98 Å². The average Bonchev–Trinajstić information content (AvgIpc) is 2.57. The fourth-order valence-electron chi connectivity index (χ4n) is 1.30. The summed E-state index contributed by atoms with van der Waals surface area (Å²) in [6.45, 7) is 4.45. The highest BCUT2D eigenvalue weighted by Crippen LogP contribution is 2.17. The number of rotatable bonds is 6. The summed E-state index contributed by atoms with van der Waals surface area (Å²) in [7, 11) is 0. The van der Waals surface area contributed by atoms with Crippen LogP contribution >= 0.6 is 11.8 Å². The van der Waals surface area contributed by atoms with Crippen LogP contribution in [0.1, 0.15) is 12.6 Å². The number of amides is 1. The normalized spacial score (nSPS) is 10.2. The first kappa shape index (κ1) is 13.6. The number of aromatic nitrogens is 2. The Kier molecular flexibility index (Phi) is 5.02. The van der Waals surface area contributed by atoms with Gasteiger partial charge in [-0.3, -0.25) is 9.59 Å². The van der Waals surface area contributed by atoms with Gasteiger partial charge in [-0.05, 0) is 6.92 Å². The highest BCUT2D eigenvalue weighted by molar-refractivity contribution is 7.99. The zero-order valence-corrected chi connectivity index (χ0v) is 10.6. The van der Waals surface area contributed by atoms with Gasteiger partial charge in [0.05, 0.1) is 5.75 Å². The number of thioether (sulfide) groups is 1. The number of aryl methyl sites for hydroxylation is 1. The topological polar surface area (TPSA) is 84.2 Å². The lowest BCUT2D eigenvalue weighted by molar-refractivity contribution is -0.133. The third-order valence-corrected chi connectivity index (χ3v) is 3.03. The summed E-state index contributed by atoms with van der Waals surface area (Å²) in [6.07, 6.45) is 1.69. The summed E-state index contributed by atoms with van der Waals surface area (Å²) in [4.78, 5) is 25.4. The Bertz CT molecular complexity index is 417. The molecular weight excluding hydrogens is 242 g/mol. The fourth-order valence-corrected chi connectivity index (χ4v) is 2.07. The molecule has 7 heteroatoms. The summed E-state index contributed by atoms with van der Waals surface area (Å²) in [6, 6.07) is 0. The minimum absolute atomic E-state index is 0.0173. The van der Waals surface area contributed by atoms with Crippen LogP contribution in [-0.4, -0.2) is 38.8 Å². The van der Waals surface area contributed by atoms with E-state index >= 15 is 0 Å². The molecule has 0 aliphatic heterocycles. The van der Waals surface area contributed by atoms with Crippen LogP contribution in [0.3, 0.4) is 0 Å². The molecule has 1 amide bonds. The number of carbonyl (C=O) groups is 2. The molecule has 1 aromatic heterocycles. The first-order valence-corrected chi connectivity index (χ1v) is 6.10. The summed E-state index contributed by atoms with van der Waals surface area (Å²) in [5.74, 6) is -0.970. The number of carboxylic acids is 1. The van der Waals surface area contributed by atoms with Crippen molar-refractivity contribution in [3.63, 3.8) is 0 Å². The number of aliphatic carboxylic acids is 1. The smallest absolute Gasteiger partial charge is 0.313 e. The monoisotopic (exact) mass is 257 g/mol. The van der Waals surface area contributed by atoms with Crippen LogP contribution in [0.2, 0.25) is 0 Å². The van der Waals surface area contributed by atoms with E-state index in [9.17, 15) is 9.59 Å². The van der Waals surface area contributed by atoms with Crippen LogP contribution in [0.25, 0.3) is 0 Å². The molecule has 0 bridgehead atoms. The van der Waals surface area contributed by atoms with Crippen molar-refractivity contribution < 1.29 is 14.7 Å². The number of carboxylic acid groups (broad SMARTS) is 1. The zero-order valence-electron chi connectivity index (χ0n) is 9.77. The zero-order chi connectivity index (χ0) is 12.8. The summed E-state index contributed by atoms with van der Waals surface area (Å²) in [5.41, 5.74) is 0.947. The first-order chi connectivity index (χ1) is 8.00. The molecule has 0 saturated carbocycles. The van der Waals surface area contributed by atoms with E-state index in [2.05, 4.69) is 10.3 Å². The number of nitrogens with zero attached hydrogens (tertiary/aromatic N) is 2. The second-order valence-corrected chi connectivity index (χ2v) is 4.44. The molecule has 0 unspecified atom stereocenters. The van der Waals surface area contributed by atoms with Crippen molar-refractivity contribution in [2.24, 2.45) is 0 Å². The van der Waals surface area contributed by atoms with Crippen LogP contribution in [0, 0.1) is 6.92 Å². The van der Waals surface area contributed by atoms with Crippen molar-refractivity contribution in [3.8, 4) is 0 Å². The third kappa shape index (κ3) is 4.48. The van der Waals surface area contributed by atoms with Crippen LogP contribution in [0.5, 0.6) is 0 Å². The maximum Gasteiger partial charge on any atom is 0.313 e. The van der Waals surface area contributed by atoms with Crippen LogP contribution < -0.4 is 5.32 Å².